The molecule has 1 fully saturated rings. The van der Waals surface area contributed by atoms with Gasteiger partial charge in [-0.15, -0.1) is 12.4 Å². The molecule has 116 valence electrons. The van der Waals surface area contributed by atoms with Crippen LogP contribution in [-0.2, 0) is 0 Å². The van der Waals surface area contributed by atoms with Crippen LogP contribution in [0.5, 0.6) is 0 Å². The predicted octanol–water partition coefficient (Wildman–Crippen LogP) is 2.13. The third kappa shape index (κ3) is 4.86. The van der Waals surface area contributed by atoms with Crippen LogP contribution in [0.15, 0.2) is 28.2 Å². The van der Waals surface area contributed by atoms with Crippen LogP contribution in [0.2, 0.25) is 0 Å². The topological polar surface area (TPSA) is 80.0 Å². The summed E-state index contributed by atoms with van der Waals surface area (Å²) in [6, 6.07) is 3.26. The molecule has 2 rings (SSSR count). The number of nitrogens with two attached hydrogens (primary N) is 2. The monoisotopic (exact) mass is 317 g/mol. The van der Waals surface area contributed by atoms with Crippen molar-refractivity contribution in [2.75, 3.05) is 13.1 Å². The van der Waals surface area contributed by atoms with Crippen molar-refractivity contribution >= 4 is 30.0 Å². The Balaban J connectivity index is 0.00000220. The van der Waals surface area contributed by atoms with E-state index >= 15 is 0 Å². The van der Waals surface area contributed by atoms with Crippen molar-refractivity contribution in [2.24, 2.45) is 21.5 Å². The number of hydrogen-bond donors (Lipinski definition) is 2. The molecule has 0 saturated carbocycles. The lowest BCUT2D eigenvalue weighted by Gasteiger charge is -2.27. The van der Waals surface area contributed by atoms with Crippen LogP contribution < -0.4 is 11.5 Å². The molecule has 1 heterocycles. The van der Waals surface area contributed by atoms with Gasteiger partial charge >= 0.3 is 0 Å². The third-order valence-electron chi connectivity index (χ3n) is 3.06. The van der Waals surface area contributed by atoms with Crippen LogP contribution in [0.1, 0.15) is 19.3 Å². The summed E-state index contributed by atoms with van der Waals surface area (Å²) in [6.07, 6.45) is 3.31. The summed E-state index contributed by atoms with van der Waals surface area (Å²) in [4.78, 5) is 9.80. The van der Waals surface area contributed by atoms with E-state index in [1.807, 2.05) is 4.90 Å². The van der Waals surface area contributed by atoms with Gasteiger partial charge in [0.2, 0.25) is 5.96 Å². The fourth-order valence-corrected chi connectivity index (χ4v) is 2.02. The van der Waals surface area contributed by atoms with Gasteiger partial charge in [-0.05, 0) is 31.4 Å². The van der Waals surface area contributed by atoms with Gasteiger partial charge in [0, 0.05) is 19.2 Å². The highest BCUT2D eigenvalue weighted by atomic mass is 35.5. The SMILES string of the molecule is Cl.NC(=Nc1ccc(F)c(F)c1)N=C(N)N1CCCCC1. The Labute approximate surface area is 128 Å². The van der Waals surface area contributed by atoms with E-state index in [0.717, 1.165) is 38.1 Å². The average molecular weight is 318 g/mol. The first-order chi connectivity index (χ1) is 9.56. The lowest BCUT2D eigenvalue weighted by atomic mass is 10.1. The highest BCUT2D eigenvalue weighted by molar-refractivity contribution is 5.94. The molecule has 0 aliphatic carbocycles. The molecule has 1 aromatic rings. The minimum Gasteiger partial charge on any atom is -0.369 e. The summed E-state index contributed by atoms with van der Waals surface area (Å²) in [6.45, 7) is 1.68. The van der Waals surface area contributed by atoms with Gasteiger partial charge in [-0.25, -0.2) is 13.8 Å². The molecule has 1 aromatic carbocycles. The molecule has 1 saturated heterocycles. The smallest absolute Gasteiger partial charge is 0.223 e. The van der Waals surface area contributed by atoms with E-state index in [1.54, 1.807) is 0 Å². The fourth-order valence-electron chi connectivity index (χ4n) is 2.02. The first kappa shape index (κ1) is 17.2. The van der Waals surface area contributed by atoms with Crippen molar-refractivity contribution in [1.29, 1.82) is 0 Å². The van der Waals surface area contributed by atoms with Gasteiger partial charge in [0.05, 0.1) is 5.69 Å². The maximum absolute atomic E-state index is 13.0. The summed E-state index contributed by atoms with van der Waals surface area (Å²) in [5.41, 5.74) is 11.7. The van der Waals surface area contributed by atoms with Crippen LogP contribution in [-0.4, -0.2) is 29.9 Å². The van der Waals surface area contributed by atoms with Gasteiger partial charge in [0.1, 0.15) is 0 Å². The number of halogens is 3. The van der Waals surface area contributed by atoms with E-state index in [1.165, 1.54) is 12.5 Å². The predicted molar refractivity (Wildman–Crippen MR) is 81.9 cm³/mol. The van der Waals surface area contributed by atoms with E-state index in [2.05, 4.69) is 9.98 Å². The molecule has 1 aliphatic rings. The first-order valence-corrected chi connectivity index (χ1v) is 6.44. The number of benzene rings is 1. The van der Waals surface area contributed by atoms with E-state index in [9.17, 15) is 8.78 Å². The molecule has 0 aromatic heterocycles. The van der Waals surface area contributed by atoms with Crippen LogP contribution in [0, 0.1) is 11.6 Å². The molecule has 8 heteroatoms. The van der Waals surface area contributed by atoms with Crippen LogP contribution >= 0.6 is 12.4 Å². The summed E-state index contributed by atoms with van der Waals surface area (Å²) >= 11 is 0. The number of likely N-dealkylation sites (tertiary alicyclic amines) is 1. The zero-order chi connectivity index (χ0) is 14.5. The number of nitrogens with zero attached hydrogens (tertiary/aromatic N) is 3. The minimum absolute atomic E-state index is 0. The van der Waals surface area contributed by atoms with Crippen molar-refractivity contribution in [3.63, 3.8) is 0 Å². The van der Waals surface area contributed by atoms with E-state index in [4.69, 9.17) is 11.5 Å². The summed E-state index contributed by atoms with van der Waals surface area (Å²) in [5.74, 6) is -1.70. The summed E-state index contributed by atoms with van der Waals surface area (Å²) in [7, 11) is 0. The van der Waals surface area contributed by atoms with Crippen molar-refractivity contribution < 1.29 is 8.78 Å². The Bertz CT molecular complexity index is 541. The molecule has 0 radical (unpaired) electrons. The quantitative estimate of drug-likeness (QED) is 0.615. The Morgan fingerprint density at radius 1 is 1.05 bits per heavy atom. The number of hydrogen-bond acceptors (Lipinski definition) is 1. The molecule has 0 spiro atoms. The maximum Gasteiger partial charge on any atom is 0.223 e. The summed E-state index contributed by atoms with van der Waals surface area (Å²) < 4.78 is 25.8. The minimum atomic E-state index is -0.980. The highest BCUT2D eigenvalue weighted by Crippen LogP contribution is 2.16. The zero-order valence-corrected chi connectivity index (χ0v) is 12.2. The van der Waals surface area contributed by atoms with Gasteiger partial charge < -0.3 is 16.4 Å². The fraction of sp³-hybridized carbons (Fsp3) is 0.385. The van der Waals surface area contributed by atoms with E-state index < -0.39 is 11.6 Å². The van der Waals surface area contributed by atoms with Crippen LogP contribution in [0.4, 0.5) is 14.5 Å². The maximum atomic E-state index is 13.0. The van der Waals surface area contributed by atoms with Gasteiger partial charge in [-0.3, -0.25) is 0 Å². The van der Waals surface area contributed by atoms with Gasteiger partial charge in [0.25, 0.3) is 0 Å². The number of rotatable bonds is 1. The molecule has 0 bridgehead atoms. The first-order valence-electron chi connectivity index (χ1n) is 6.44. The van der Waals surface area contributed by atoms with E-state index in [0.29, 0.717) is 5.96 Å². The Morgan fingerprint density at radius 2 is 1.71 bits per heavy atom. The van der Waals surface area contributed by atoms with Crippen molar-refractivity contribution in [1.82, 2.24) is 4.90 Å². The lowest BCUT2D eigenvalue weighted by molar-refractivity contribution is 0.339. The molecule has 0 atom stereocenters. The zero-order valence-electron chi connectivity index (χ0n) is 11.4. The summed E-state index contributed by atoms with van der Waals surface area (Å²) in [5, 5.41) is 0. The molecule has 0 unspecified atom stereocenters. The van der Waals surface area contributed by atoms with Crippen molar-refractivity contribution in [2.45, 2.75) is 19.3 Å². The Morgan fingerprint density at radius 3 is 2.33 bits per heavy atom. The normalized spacial score (nSPS) is 16.6. The van der Waals surface area contributed by atoms with Gasteiger partial charge in [0.15, 0.2) is 17.6 Å². The van der Waals surface area contributed by atoms with Crippen LogP contribution in [0.3, 0.4) is 0 Å². The largest absolute Gasteiger partial charge is 0.369 e. The average Bonchev–Trinajstić information content (AvgIpc) is 2.44. The molecule has 5 nitrogen and oxygen atoms in total. The Kier molecular flexibility index (Phi) is 6.36. The van der Waals surface area contributed by atoms with E-state index in [-0.39, 0.29) is 24.1 Å². The van der Waals surface area contributed by atoms with Crippen LogP contribution in [0.25, 0.3) is 0 Å². The molecule has 4 N–H and O–H groups in total. The molecule has 1 aliphatic heterocycles. The molecule has 21 heavy (non-hydrogen) atoms. The standard InChI is InChI=1S/C13H17F2N5.ClH/c14-10-5-4-9(8-11(10)15)18-12(16)19-13(17)20-6-2-1-3-7-20;/h4-5,8H,1-3,6-7H2,(H4,16,17,18,19);1H. The van der Waals surface area contributed by atoms with Crippen molar-refractivity contribution in [3.05, 3.63) is 29.8 Å². The molecule has 0 amide bonds. The lowest BCUT2D eigenvalue weighted by Crippen LogP contribution is -2.41. The third-order valence-corrected chi connectivity index (χ3v) is 3.06. The Hall–Kier alpha value is -1.89. The molecular weight excluding hydrogens is 300 g/mol. The molecular formula is C13H18ClF2N5. The van der Waals surface area contributed by atoms with Gasteiger partial charge in [-0.1, -0.05) is 0 Å². The number of guanidine groups is 2. The second-order valence-corrected chi connectivity index (χ2v) is 4.59. The van der Waals surface area contributed by atoms with Gasteiger partial charge in [-0.2, -0.15) is 4.99 Å². The second-order valence-electron chi connectivity index (χ2n) is 4.59. The second kappa shape index (κ2) is 7.78. The highest BCUT2D eigenvalue weighted by Gasteiger charge is 2.12. The number of aliphatic imine (C=N–C) groups is 2. The number of piperidine rings is 1. The van der Waals surface area contributed by atoms with Crippen molar-refractivity contribution in [3.8, 4) is 0 Å².